The smallest absolute Gasteiger partial charge is 0.310 e. The molecule has 0 spiro atoms. The van der Waals surface area contributed by atoms with Crippen LogP contribution >= 0.6 is 0 Å². The molecule has 0 radical (unpaired) electrons. The number of nitro benzene ring substituents is 1. The molecule has 0 saturated carbocycles. The number of aromatic nitrogens is 1. The van der Waals surface area contributed by atoms with Crippen LogP contribution in [0.4, 0.5) is 5.69 Å². The van der Waals surface area contributed by atoms with Crippen molar-refractivity contribution in [2.75, 3.05) is 7.11 Å². The Hall–Kier alpha value is -2.37. The fraction of sp³-hybridized carbons (Fsp3) is 0.182. The topological polar surface area (TPSA) is 85.2 Å². The molecule has 2 rings (SSSR count). The summed E-state index contributed by atoms with van der Waals surface area (Å²) < 4.78 is 4.56. The molecule has 1 aromatic carbocycles. The number of carbonyl (C=O) groups excluding carboxylic acids is 1. The van der Waals surface area contributed by atoms with Crippen molar-refractivity contribution in [1.29, 1.82) is 0 Å². The molecule has 0 saturated heterocycles. The SMILES string of the molecule is COC(=O)Cc1c[nH]c2ccc([N+](=O)[O-])cc12. The maximum atomic E-state index is 11.2. The van der Waals surface area contributed by atoms with Crippen molar-refractivity contribution in [2.45, 2.75) is 6.42 Å². The number of hydrogen-bond acceptors (Lipinski definition) is 4. The average Bonchev–Trinajstić information content (AvgIpc) is 2.71. The van der Waals surface area contributed by atoms with E-state index in [1.165, 1.54) is 19.2 Å². The van der Waals surface area contributed by atoms with E-state index in [9.17, 15) is 14.9 Å². The van der Waals surface area contributed by atoms with Gasteiger partial charge in [-0.25, -0.2) is 0 Å². The zero-order valence-electron chi connectivity index (χ0n) is 9.10. The number of nitro groups is 1. The predicted molar refractivity (Wildman–Crippen MR) is 60.7 cm³/mol. The molecular formula is C11H10N2O4. The quantitative estimate of drug-likeness (QED) is 0.498. The first-order chi connectivity index (χ1) is 8.11. The molecule has 0 bridgehead atoms. The Morgan fingerprint density at radius 1 is 1.53 bits per heavy atom. The number of nitrogens with zero attached hydrogens (tertiary/aromatic N) is 1. The summed E-state index contributed by atoms with van der Waals surface area (Å²) in [7, 11) is 1.31. The number of H-pyrrole nitrogens is 1. The molecule has 1 aromatic heterocycles. The van der Waals surface area contributed by atoms with E-state index >= 15 is 0 Å². The minimum absolute atomic E-state index is 0.00298. The molecule has 0 amide bonds. The minimum Gasteiger partial charge on any atom is -0.469 e. The number of hydrogen-bond donors (Lipinski definition) is 1. The minimum atomic E-state index is -0.464. The number of rotatable bonds is 3. The lowest BCUT2D eigenvalue weighted by atomic mass is 10.1. The highest BCUT2D eigenvalue weighted by molar-refractivity contribution is 5.88. The summed E-state index contributed by atoms with van der Waals surface area (Å²) in [6.45, 7) is 0. The van der Waals surface area contributed by atoms with E-state index < -0.39 is 4.92 Å². The van der Waals surface area contributed by atoms with E-state index in [2.05, 4.69) is 9.72 Å². The van der Waals surface area contributed by atoms with E-state index in [1.807, 2.05) is 0 Å². The van der Waals surface area contributed by atoms with Gasteiger partial charge < -0.3 is 9.72 Å². The van der Waals surface area contributed by atoms with E-state index in [4.69, 9.17) is 0 Å². The van der Waals surface area contributed by atoms with Gasteiger partial charge >= 0.3 is 5.97 Å². The number of ether oxygens (including phenoxy) is 1. The summed E-state index contributed by atoms with van der Waals surface area (Å²) in [4.78, 5) is 24.3. The number of fused-ring (bicyclic) bond motifs is 1. The molecule has 0 aliphatic heterocycles. The Morgan fingerprint density at radius 3 is 2.94 bits per heavy atom. The first-order valence-corrected chi connectivity index (χ1v) is 4.93. The highest BCUT2D eigenvalue weighted by Gasteiger charge is 2.12. The highest BCUT2D eigenvalue weighted by Crippen LogP contribution is 2.24. The fourth-order valence-corrected chi connectivity index (χ4v) is 1.65. The van der Waals surface area contributed by atoms with Gasteiger partial charge in [0.25, 0.3) is 5.69 Å². The van der Waals surface area contributed by atoms with Gasteiger partial charge in [-0.2, -0.15) is 0 Å². The molecule has 1 heterocycles. The molecule has 17 heavy (non-hydrogen) atoms. The Balaban J connectivity index is 2.46. The zero-order valence-corrected chi connectivity index (χ0v) is 9.10. The van der Waals surface area contributed by atoms with Crippen molar-refractivity contribution in [2.24, 2.45) is 0 Å². The van der Waals surface area contributed by atoms with Crippen LogP contribution in [-0.4, -0.2) is 23.0 Å². The van der Waals surface area contributed by atoms with Crippen molar-refractivity contribution >= 4 is 22.6 Å². The number of esters is 1. The molecule has 88 valence electrons. The van der Waals surface area contributed by atoms with Crippen LogP contribution in [0.25, 0.3) is 10.9 Å². The van der Waals surface area contributed by atoms with Crippen molar-refractivity contribution < 1.29 is 14.5 Å². The van der Waals surface area contributed by atoms with E-state index in [-0.39, 0.29) is 18.1 Å². The molecule has 6 heteroatoms. The summed E-state index contributed by atoms with van der Waals surface area (Å²) in [5, 5.41) is 11.3. The zero-order chi connectivity index (χ0) is 12.4. The summed E-state index contributed by atoms with van der Waals surface area (Å²) in [6, 6.07) is 4.49. The lowest BCUT2D eigenvalue weighted by Crippen LogP contribution is -2.03. The number of benzene rings is 1. The maximum absolute atomic E-state index is 11.2. The van der Waals surface area contributed by atoms with Crippen LogP contribution in [0.5, 0.6) is 0 Å². The van der Waals surface area contributed by atoms with Gasteiger partial charge in [-0.15, -0.1) is 0 Å². The average molecular weight is 234 g/mol. The van der Waals surface area contributed by atoms with Crippen molar-refractivity contribution in [3.63, 3.8) is 0 Å². The third-order valence-electron chi connectivity index (χ3n) is 2.52. The van der Waals surface area contributed by atoms with Gasteiger partial charge in [-0.1, -0.05) is 0 Å². The first-order valence-electron chi connectivity index (χ1n) is 4.93. The van der Waals surface area contributed by atoms with Crippen LogP contribution in [-0.2, 0) is 16.0 Å². The lowest BCUT2D eigenvalue weighted by Gasteiger charge is -1.98. The van der Waals surface area contributed by atoms with Gasteiger partial charge in [0.05, 0.1) is 18.5 Å². The van der Waals surface area contributed by atoms with Crippen LogP contribution in [0.3, 0.4) is 0 Å². The molecule has 2 aromatic rings. The van der Waals surface area contributed by atoms with Crippen molar-refractivity contribution in [1.82, 2.24) is 4.98 Å². The normalized spacial score (nSPS) is 10.4. The van der Waals surface area contributed by atoms with Gasteiger partial charge in [0.1, 0.15) is 0 Å². The highest BCUT2D eigenvalue weighted by atomic mass is 16.6. The monoisotopic (exact) mass is 234 g/mol. The fourth-order valence-electron chi connectivity index (χ4n) is 1.65. The van der Waals surface area contributed by atoms with E-state index in [1.54, 1.807) is 12.3 Å². The summed E-state index contributed by atoms with van der Waals surface area (Å²) in [5.74, 6) is -0.377. The van der Waals surface area contributed by atoms with Crippen LogP contribution in [0, 0.1) is 10.1 Å². The Morgan fingerprint density at radius 2 is 2.29 bits per heavy atom. The molecular weight excluding hydrogens is 224 g/mol. The number of aromatic amines is 1. The third kappa shape index (κ3) is 2.10. The third-order valence-corrected chi connectivity index (χ3v) is 2.52. The summed E-state index contributed by atoms with van der Waals surface area (Å²) in [6.07, 6.45) is 1.75. The number of methoxy groups -OCH3 is 1. The van der Waals surface area contributed by atoms with Crippen molar-refractivity contribution in [3.8, 4) is 0 Å². The van der Waals surface area contributed by atoms with Crippen LogP contribution < -0.4 is 0 Å². The summed E-state index contributed by atoms with van der Waals surface area (Å²) in [5.41, 5.74) is 1.45. The number of nitrogens with one attached hydrogen (secondary N) is 1. The number of carbonyl (C=O) groups is 1. The van der Waals surface area contributed by atoms with Gasteiger partial charge in [0.15, 0.2) is 0 Å². The number of non-ortho nitro benzene ring substituents is 1. The van der Waals surface area contributed by atoms with Crippen LogP contribution in [0.2, 0.25) is 0 Å². The maximum Gasteiger partial charge on any atom is 0.310 e. The second-order valence-corrected chi connectivity index (χ2v) is 3.55. The Kier molecular flexibility index (Phi) is 2.78. The van der Waals surface area contributed by atoms with Gasteiger partial charge in [0, 0.05) is 29.2 Å². The second-order valence-electron chi connectivity index (χ2n) is 3.55. The van der Waals surface area contributed by atoms with Crippen LogP contribution in [0.15, 0.2) is 24.4 Å². The molecule has 0 aliphatic rings. The molecule has 6 nitrogen and oxygen atoms in total. The first kappa shape index (κ1) is 11.1. The van der Waals surface area contributed by atoms with Gasteiger partial charge in [-0.05, 0) is 11.6 Å². The second kappa shape index (κ2) is 4.25. The molecule has 0 atom stereocenters. The van der Waals surface area contributed by atoms with Gasteiger partial charge in [-0.3, -0.25) is 14.9 Å². The van der Waals surface area contributed by atoms with Crippen LogP contribution in [0.1, 0.15) is 5.56 Å². The Bertz CT molecular complexity index is 588. The van der Waals surface area contributed by atoms with Crippen molar-refractivity contribution in [3.05, 3.63) is 40.1 Å². The standard InChI is InChI=1S/C11H10N2O4/c1-17-11(14)4-7-6-12-10-3-2-8(13(15)16)5-9(7)10/h2-3,5-6,12H,4H2,1H3. The molecule has 0 fully saturated rings. The van der Waals surface area contributed by atoms with E-state index in [0.717, 1.165) is 5.52 Å². The molecule has 0 unspecified atom stereocenters. The summed E-state index contributed by atoms with van der Waals surface area (Å²) >= 11 is 0. The largest absolute Gasteiger partial charge is 0.469 e. The molecule has 0 aliphatic carbocycles. The predicted octanol–water partition coefficient (Wildman–Crippen LogP) is 1.79. The van der Waals surface area contributed by atoms with E-state index in [0.29, 0.717) is 10.9 Å². The Labute approximate surface area is 96.3 Å². The molecule has 1 N–H and O–H groups in total. The lowest BCUT2D eigenvalue weighted by molar-refractivity contribution is -0.384. The van der Waals surface area contributed by atoms with Gasteiger partial charge in [0.2, 0.25) is 0 Å².